The molecule has 0 N–H and O–H groups in total. The van der Waals surface area contributed by atoms with Gasteiger partial charge in [0.2, 0.25) is 5.91 Å². The van der Waals surface area contributed by atoms with E-state index >= 15 is 0 Å². The van der Waals surface area contributed by atoms with Gasteiger partial charge in [0.15, 0.2) is 0 Å². The number of aryl methyl sites for hydroxylation is 2. The Hall–Kier alpha value is -2.08. The number of anilines is 1. The molecule has 0 bridgehead atoms. The van der Waals surface area contributed by atoms with Gasteiger partial charge in [-0.05, 0) is 32.9 Å². The van der Waals surface area contributed by atoms with E-state index in [4.69, 9.17) is 11.6 Å². The Balaban J connectivity index is 1.63. The lowest BCUT2D eigenvalue weighted by Crippen LogP contribution is -2.50. The minimum Gasteiger partial charge on any atom is -0.368 e. The maximum Gasteiger partial charge on any atom is 0.247 e. The van der Waals surface area contributed by atoms with Gasteiger partial charge in [0, 0.05) is 49.5 Å². The number of pyridine rings is 1. The molecule has 0 aromatic carbocycles. The van der Waals surface area contributed by atoms with Crippen molar-refractivity contribution in [2.24, 2.45) is 0 Å². The first-order valence-electron chi connectivity index (χ1n) is 8.13. The van der Waals surface area contributed by atoms with Crippen molar-refractivity contribution in [3.05, 3.63) is 40.9 Å². The largest absolute Gasteiger partial charge is 0.368 e. The molecule has 3 heterocycles. The molecule has 0 radical (unpaired) electrons. The highest BCUT2D eigenvalue weighted by molar-refractivity contribution is 6.30. The standard InChI is InChI=1S/C17H22ClN5O/c1-12-8-16(9-13(2)20-12)21-4-6-22(7-5-21)17(24)14(3)23-11-15(18)10-19-23/h8-11,14H,4-7H2,1-3H3/t14-/m0/s1. The predicted molar refractivity (Wildman–Crippen MR) is 94.5 cm³/mol. The highest BCUT2D eigenvalue weighted by atomic mass is 35.5. The lowest BCUT2D eigenvalue weighted by molar-refractivity contribution is -0.134. The summed E-state index contributed by atoms with van der Waals surface area (Å²) in [5.74, 6) is 0.0801. The minimum absolute atomic E-state index is 0.0801. The Labute approximate surface area is 147 Å². The Bertz CT molecular complexity index is 716. The fourth-order valence-electron chi connectivity index (χ4n) is 3.08. The second-order valence-corrected chi connectivity index (χ2v) is 6.67. The summed E-state index contributed by atoms with van der Waals surface area (Å²) < 4.78 is 1.62. The molecule has 0 saturated carbocycles. The average molecular weight is 348 g/mol. The van der Waals surface area contributed by atoms with Crippen LogP contribution in [0.25, 0.3) is 0 Å². The van der Waals surface area contributed by atoms with Crippen molar-refractivity contribution >= 4 is 23.2 Å². The van der Waals surface area contributed by atoms with Crippen molar-refractivity contribution in [1.29, 1.82) is 0 Å². The van der Waals surface area contributed by atoms with Crippen molar-refractivity contribution in [2.45, 2.75) is 26.8 Å². The number of hydrogen-bond acceptors (Lipinski definition) is 4. The van der Waals surface area contributed by atoms with Gasteiger partial charge in [0.05, 0.1) is 11.2 Å². The summed E-state index contributed by atoms with van der Waals surface area (Å²) in [5, 5.41) is 4.68. The van der Waals surface area contributed by atoms with Crippen molar-refractivity contribution in [3.8, 4) is 0 Å². The van der Waals surface area contributed by atoms with Crippen LogP contribution in [0.1, 0.15) is 24.4 Å². The quantitative estimate of drug-likeness (QED) is 0.855. The van der Waals surface area contributed by atoms with Gasteiger partial charge < -0.3 is 9.80 Å². The predicted octanol–water partition coefficient (Wildman–Crippen LogP) is 2.46. The highest BCUT2D eigenvalue weighted by Gasteiger charge is 2.26. The second kappa shape index (κ2) is 6.81. The van der Waals surface area contributed by atoms with Gasteiger partial charge in [-0.25, -0.2) is 0 Å². The molecule has 1 aliphatic rings. The van der Waals surface area contributed by atoms with Crippen LogP contribution in [0, 0.1) is 13.8 Å². The van der Waals surface area contributed by atoms with Crippen LogP contribution in [-0.4, -0.2) is 51.8 Å². The molecule has 1 atom stereocenters. The van der Waals surface area contributed by atoms with Crippen molar-refractivity contribution in [1.82, 2.24) is 19.7 Å². The molecule has 0 spiro atoms. The van der Waals surface area contributed by atoms with Crippen LogP contribution in [-0.2, 0) is 4.79 Å². The molecule has 7 heteroatoms. The summed E-state index contributed by atoms with van der Waals surface area (Å²) in [5.41, 5.74) is 3.22. The molecule has 1 saturated heterocycles. The summed E-state index contributed by atoms with van der Waals surface area (Å²) in [7, 11) is 0. The van der Waals surface area contributed by atoms with Gasteiger partial charge in [-0.2, -0.15) is 5.10 Å². The van der Waals surface area contributed by atoms with Crippen LogP contribution in [0.15, 0.2) is 24.5 Å². The molecule has 2 aromatic rings. The molecule has 2 aromatic heterocycles. The SMILES string of the molecule is Cc1cc(N2CCN(C(=O)[C@H](C)n3cc(Cl)cn3)CC2)cc(C)n1. The van der Waals surface area contributed by atoms with E-state index in [1.54, 1.807) is 17.1 Å². The van der Waals surface area contributed by atoms with Gasteiger partial charge in [0.25, 0.3) is 0 Å². The first-order chi connectivity index (χ1) is 11.4. The van der Waals surface area contributed by atoms with Crippen LogP contribution in [0.2, 0.25) is 5.02 Å². The maximum absolute atomic E-state index is 12.7. The third-order valence-electron chi connectivity index (χ3n) is 4.35. The summed E-state index contributed by atoms with van der Waals surface area (Å²) in [6.45, 7) is 8.92. The normalized spacial score (nSPS) is 16.3. The molecule has 1 amide bonds. The molecular weight excluding hydrogens is 326 g/mol. The van der Waals surface area contributed by atoms with Crippen LogP contribution in [0.5, 0.6) is 0 Å². The number of nitrogens with zero attached hydrogens (tertiary/aromatic N) is 5. The van der Waals surface area contributed by atoms with Crippen LogP contribution in [0.3, 0.4) is 0 Å². The minimum atomic E-state index is -0.338. The molecular formula is C17H22ClN5O. The van der Waals surface area contributed by atoms with Gasteiger partial charge >= 0.3 is 0 Å². The van der Waals surface area contributed by atoms with Crippen molar-refractivity contribution in [3.63, 3.8) is 0 Å². The maximum atomic E-state index is 12.7. The van der Waals surface area contributed by atoms with Crippen LogP contribution < -0.4 is 4.90 Å². The number of carbonyl (C=O) groups excluding carboxylic acids is 1. The average Bonchev–Trinajstić information content (AvgIpc) is 2.99. The Morgan fingerprint density at radius 1 is 1.17 bits per heavy atom. The van der Waals surface area contributed by atoms with E-state index in [0.717, 1.165) is 24.5 Å². The monoisotopic (exact) mass is 347 g/mol. The summed E-state index contributed by atoms with van der Waals surface area (Å²) in [6.07, 6.45) is 3.24. The molecule has 1 fully saturated rings. The summed E-state index contributed by atoms with van der Waals surface area (Å²) in [4.78, 5) is 21.3. The third kappa shape index (κ3) is 3.53. The Kier molecular flexibility index (Phi) is 4.76. The smallest absolute Gasteiger partial charge is 0.247 e. The number of rotatable bonds is 3. The first-order valence-corrected chi connectivity index (χ1v) is 8.50. The number of piperazine rings is 1. The summed E-state index contributed by atoms with van der Waals surface area (Å²) >= 11 is 5.89. The Morgan fingerprint density at radius 3 is 2.33 bits per heavy atom. The van der Waals surface area contributed by atoms with Gasteiger partial charge in [-0.3, -0.25) is 14.5 Å². The van der Waals surface area contributed by atoms with E-state index in [0.29, 0.717) is 18.1 Å². The Morgan fingerprint density at radius 2 is 1.79 bits per heavy atom. The fraction of sp³-hybridized carbons (Fsp3) is 0.471. The van der Waals surface area contributed by atoms with E-state index in [-0.39, 0.29) is 11.9 Å². The number of aromatic nitrogens is 3. The lowest BCUT2D eigenvalue weighted by atomic mass is 10.2. The molecule has 6 nitrogen and oxygen atoms in total. The van der Waals surface area contributed by atoms with Crippen molar-refractivity contribution < 1.29 is 4.79 Å². The highest BCUT2D eigenvalue weighted by Crippen LogP contribution is 2.20. The number of hydrogen-bond donors (Lipinski definition) is 0. The fourth-order valence-corrected chi connectivity index (χ4v) is 3.23. The number of amides is 1. The van der Waals surface area contributed by atoms with Crippen molar-refractivity contribution in [2.75, 3.05) is 31.1 Å². The topological polar surface area (TPSA) is 54.3 Å². The second-order valence-electron chi connectivity index (χ2n) is 6.23. The zero-order valence-electron chi connectivity index (χ0n) is 14.2. The van der Waals surface area contributed by atoms with E-state index < -0.39 is 0 Å². The lowest BCUT2D eigenvalue weighted by Gasteiger charge is -2.37. The van der Waals surface area contributed by atoms with Crippen LogP contribution >= 0.6 is 11.6 Å². The zero-order valence-corrected chi connectivity index (χ0v) is 15.0. The van der Waals surface area contributed by atoms with Crippen LogP contribution in [0.4, 0.5) is 5.69 Å². The molecule has 0 aliphatic carbocycles. The van der Waals surface area contributed by atoms with E-state index in [1.165, 1.54) is 5.69 Å². The molecule has 0 unspecified atom stereocenters. The van der Waals surface area contributed by atoms with E-state index in [2.05, 4.69) is 27.1 Å². The molecule has 128 valence electrons. The zero-order chi connectivity index (χ0) is 17.3. The van der Waals surface area contributed by atoms with Gasteiger partial charge in [0.1, 0.15) is 6.04 Å². The molecule has 24 heavy (non-hydrogen) atoms. The van der Waals surface area contributed by atoms with Gasteiger partial charge in [-0.15, -0.1) is 0 Å². The third-order valence-corrected chi connectivity index (χ3v) is 4.54. The van der Waals surface area contributed by atoms with Gasteiger partial charge in [-0.1, -0.05) is 11.6 Å². The number of carbonyl (C=O) groups is 1. The summed E-state index contributed by atoms with van der Waals surface area (Å²) in [6, 6.07) is 3.85. The van der Waals surface area contributed by atoms with E-state index in [1.807, 2.05) is 25.7 Å². The van der Waals surface area contributed by atoms with E-state index in [9.17, 15) is 4.79 Å². The number of halogens is 1. The molecule has 3 rings (SSSR count). The molecule has 1 aliphatic heterocycles. The first kappa shape index (κ1) is 16.8.